The van der Waals surface area contributed by atoms with E-state index >= 15 is 0 Å². The minimum Gasteiger partial charge on any atom is -0.389 e. The highest BCUT2D eigenvalue weighted by molar-refractivity contribution is 7.92. The lowest BCUT2D eigenvalue weighted by Crippen LogP contribution is -2.54. The Morgan fingerprint density at radius 3 is 2.47 bits per heavy atom. The summed E-state index contributed by atoms with van der Waals surface area (Å²) in [5, 5.41) is 9.90. The second-order valence-corrected chi connectivity index (χ2v) is 9.14. The predicted molar refractivity (Wildman–Crippen MR) is 76.0 cm³/mol. The first-order valence-electron chi connectivity index (χ1n) is 6.84. The largest absolute Gasteiger partial charge is 0.389 e. The van der Waals surface area contributed by atoms with Crippen molar-refractivity contribution < 1.29 is 18.3 Å². The maximum absolute atomic E-state index is 11.9. The number of sulfone groups is 1. The van der Waals surface area contributed by atoms with Crippen LogP contribution in [0.15, 0.2) is 0 Å². The molecule has 1 aliphatic rings. The van der Waals surface area contributed by atoms with Crippen LogP contribution in [0.4, 0.5) is 0 Å². The van der Waals surface area contributed by atoms with Crippen molar-refractivity contribution in [3.05, 3.63) is 0 Å². The van der Waals surface area contributed by atoms with Gasteiger partial charge in [-0.1, -0.05) is 13.8 Å². The SMILES string of the molecule is CC(C)COC[C@H](O)CN1CCS(=O)(=O)C(C)(C)C1. The minimum atomic E-state index is -3.01. The molecule has 1 saturated heterocycles. The molecule has 0 aromatic rings. The van der Waals surface area contributed by atoms with Crippen LogP contribution in [0.3, 0.4) is 0 Å². The minimum absolute atomic E-state index is 0.166. The number of β-amino-alcohol motifs (C(OH)–C–C–N with tert-alkyl or cyclic N) is 1. The molecule has 0 aromatic carbocycles. The van der Waals surface area contributed by atoms with Gasteiger partial charge in [0.05, 0.1) is 23.2 Å². The van der Waals surface area contributed by atoms with Gasteiger partial charge in [-0.25, -0.2) is 8.42 Å². The molecule has 1 N–H and O–H groups in total. The Morgan fingerprint density at radius 1 is 1.32 bits per heavy atom. The zero-order valence-electron chi connectivity index (χ0n) is 12.4. The summed E-state index contributed by atoms with van der Waals surface area (Å²) in [6, 6.07) is 0. The molecule has 0 unspecified atom stereocenters. The first-order valence-corrected chi connectivity index (χ1v) is 8.50. The fraction of sp³-hybridized carbons (Fsp3) is 1.00. The lowest BCUT2D eigenvalue weighted by molar-refractivity contribution is 0.00724. The van der Waals surface area contributed by atoms with Crippen molar-refractivity contribution in [3.63, 3.8) is 0 Å². The summed E-state index contributed by atoms with van der Waals surface area (Å²) in [4.78, 5) is 2.00. The highest BCUT2D eigenvalue weighted by Crippen LogP contribution is 2.23. The van der Waals surface area contributed by atoms with Crippen molar-refractivity contribution >= 4 is 9.84 Å². The number of aliphatic hydroxyl groups is 1. The molecule has 0 aromatic heterocycles. The second-order valence-electron chi connectivity index (χ2n) is 6.40. The van der Waals surface area contributed by atoms with Crippen LogP contribution in [0.2, 0.25) is 0 Å². The molecule has 1 fully saturated rings. The topological polar surface area (TPSA) is 66.8 Å². The summed E-state index contributed by atoms with van der Waals surface area (Å²) in [6.45, 7) is 9.99. The Kier molecular flexibility index (Phi) is 5.79. The molecule has 0 radical (unpaired) electrons. The first kappa shape index (κ1) is 16.9. The lowest BCUT2D eigenvalue weighted by Gasteiger charge is -2.38. The van der Waals surface area contributed by atoms with Gasteiger partial charge in [0.1, 0.15) is 0 Å². The molecule has 19 heavy (non-hydrogen) atoms. The molecule has 5 nitrogen and oxygen atoms in total. The molecule has 0 bridgehead atoms. The third-order valence-electron chi connectivity index (χ3n) is 3.35. The molecule has 0 amide bonds. The molecule has 1 rings (SSSR count). The van der Waals surface area contributed by atoms with Gasteiger partial charge >= 0.3 is 0 Å². The molecule has 1 heterocycles. The summed E-state index contributed by atoms with van der Waals surface area (Å²) in [5.74, 6) is 0.616. The van der Waals surface area contributed by atoms with E-state index in [0.717, 1.165) is 0 Å². The van der Waals surface area contributed by atoms with E-state index in [0.29, 0.717) is 38.8 Å². The van der Waals surface area contributed by atoms with Crippen LogP contribution in [0.5, 0.6) is 0 Å². The molecule has 0 saturated carbocycles. The number of hydrogen-bond acceptors (Lipinski definition) is 5. The van der Waals surface area contributed by atoms with Gasteiger partial charge in [0.15, 0.2) is 9.84 Å². The Morgan fingerprint density at radius 2 is 1.95 bits per heavy atom. The van der Waals surface area contributed by atoms with Gasteiger partial charge < -0.3 is 9.84 Å². The fourth-order valence-electron chi connectivity index (χ4n) is 2.19. The highest BCUT2D eigenvalue weighted by Gasteiger charge is 2.40. The van der Waals surface area contributed by atoms with Crippen LogP contribution < -0.4 is 0 Å². The van der Waals surface area contributed by atoms with Crippen LogP contribution in [0.1, 0.15) is 27.7 Å². The second kappa shape index (κ2) is 6.52. The molecular formula is C13H27NO4S. The van der Waals surface area contributed by atoms with Crippen molar-refractivity contribution in [2.24, 2.45) is 5.92 Å². The molecular weight excluding hydrogens is 266 g/mol. The van der Waals surface area contributed by atoms with Crippen LogP contribution >= 0.6 is 0 Å². The Labute approximate surface area is 116 Å². The van der Waals surface area contributed by atoms with Gasteiger partial charge in [-0.3, -0.25) is 4.90 Å². The number of aliphatic hydroxyl groups excluding tert-OH is 1. The molecule has 1 atom stereocenters. The van der Waals surface area contributed by atoms with Gasteiger partial charge in [0.25, 0.3) is 0 Å². The maximum Gasteiger partial charge on any atom is 0.157 e. The van der Waals surface area contributed by atoms with E-state index in [1.165, 1.54) is 0 Å². The zero-order valence-corrected chi connectivity index (χ0v) is 13.2. The smallest absolute Gasteiger partial charge is 0.157 e. The third-order valence-corrected chi connectivity index (χ3v) is 5.89. The average molecular weight is 293 g/mol. The van der Waals surface area contributed by atoms with Gasteiger partial charge in [-0.15, -0.1) is 0 Å². The molecule has 6 heteroatoms. The first-order chi connectivity index (χ1) is 8.64. The Balaban J connectivity index is 2.38. The average Bonchev–Trinajstić information content (AvgIpc) is 2.23. The maximum atomic E-state index is 11.9. The predicted octanol–water partition coefficient (Wildman–Crippen LogP) is 0.529. The van der Waals surface area contributed by atoms with E-state index in [9.17, 15) is 13.5 Å². The molecule has 0 aliphatic carbocycles. The van der Waals surface area contributed by atoms with E-state index in [4.69, 9.17) is 4.74 Å². The van der Waals surface area contributed by atoms with Crippen molar-refractivity contribution in [2.45, 2.75) is 38.5 Å². The summed E-state index contributed by atoms with van der Waals surface area (Å²) >= 11 is 0. The molecule has 0 spiro atoms. The van der Waals surface area contributed by atoms with E-state index in [-0.39, 0.29) is 5.75 Å². The van der Waals surface area contributed by atoms with Crippen molar-refractivity contribution in [3.8, 4) is 0 Å². The van der Waals surface area contributed by atoms with Crippen LogP contribution in [0, 0.1) is 5.92 Å². The molecule has 114 valence electrons. The Bertz CT molecular complexity index is 378. The molecule has 1 aliphatic heterocycles. The van der Waals surface area contributed by atoms with E-state index in [1.54, 1.807) is 13.8 Å². The summed E-state index contributed by atoms with van der Waals surface area (Å²) in [7, 11) is -3.01. The summed E-state index contributed by atoms with van der Waals surface area (Å²) < 4.78 is 28.4. The zero-order chi connectivity index (χ0) is 14.7. The van der Waals surface area contributed by atoms with Gasteiger partial charge in [0, 0.05) is 26.2 Å². The van der Waals surface area contributed by atoms with Gasteiger partial charge in [-0.2, -0.15) is 0 Å². The summed E-state index contributed by atoms with van der Waals surface area (Å²) in [6.07, 6.45) is -0.560. The van der Waals surface area contributed by atoms with E-state index in [1.807, 2.05) is 4.90 Å². The van der Waals surface area contributed by atoms with E-state index in [2.05, 4.69) is 13.8 Å². The van der Waals surface area contributed by atoms with Gasteiger partial charge in [-0.05, 0) is 19.8 Å². The van der Waals surface area contributed by atoms with Crippen molar-refractivity contribution in [2.75, 3.05) is 38.6 Å². The monoisotopic (exact) mass is 293 g/mol. The lowest BCUT2D eigenvalue weighted by atomic mass is 10.1. The van der Waals surface area contributed by atoms with Crippen LogP contribution in [0.25, 0.3) is 0 Å². The number of rotatable bonds is 6. The fourth-order valence-corrected chi connectivity index (χ4v) is 3.62. The third kappa shape index (κ3) is 5.02. The number of ether oxygens (including phenoxy) is 1. The van der Waals surface area contributed by atoms with E-state index < -0.39 is 20.7 Å². The highest BCUT2D eigenvalue weighted by atomic mass is 32.2. The standard InChI is InChI=1S/C13H27NO4S/c1-11(2)8-18-9-12(15)7-14-5-6-19(16,17)13(3,4)10-14/h11-12,15H,5-10H2,1-4H3/t12-/m1/s1. The summed E-state index contributed by atoms with van der Waals surface area (Å²) in [5.41, 5.74) is 0. The van der Waals surface area contributed by atoms with Crippen molar-refractivity contribution in [1.29, 1.82) is 0 Å². The normalized spacial score (nSPS) is 24.5. The van der Waals surface area contributed by atoms with Crippen LogP contribution in [-0.2, 0) is 14.6 Å². The number of nitrogens with zero attached hydrogens (tertiary/aromatic N) is 1. The Hall–Kier alpha value is -0.170. The quantitative estimate of drug-likeness (QED) is 0.774. The van der Waals surface area contributed by atoms with Crippen molar-refractivity contribution in [1.82, 2.24) is 4.90 Å². The number of hydrogen-bond donors (Lipinski definition) is 1. The van der Waals surface area contributed by atoms with Crippen LogP contribution in [-0.4, -0.2) is 67.9 Å². The van der Waals surface area contributed by atoms with Gasteiger partial charge in [0.2, 0.25) is 0 Å².